The Labute approximate surface area is 182 Å². The number of aryl methyl sites for hydroxylation is 1. The van der Waals surface area contributed by atoms with Crippen LogP contribution in [-0.4, -0.2) is 66.5 Å². The van der Waals surface area contributed by atoms with Gasteiger partial charge in [0.25, 0.3) is 0 Å². The SMILES string of the molecule is CN=C(NCCC(=O)N1CCN(c2ncccn2)CC1)NC(C)c1ccc(C)c(F)c1. The molecule has 8 nitrogen and oxygen atoms in total. The fraction of sp³-hybridized carbons (Fsp3) is 0.455. The summed E-state index contributed by atoms with van der Waals surface area (Å²) in [5.74, 6) is 1.16. The van der Waals surface area contributed by atoms with Crippen LogP contribution in [-0.2, 0) is 4.79 Å². The smallest absolute Gasteiger partial charge is 0.225 e. The van der Waals surface area contributed by atoms with Gasteiger partial charge in [-0.05, 0) is 37.1 Å². The second kappa shape index (κ2) is 10.7. The van der Waals surface area contributed by atoms with E-state index in [0.29, 0.717) is 43.5 Å². The first-order valence-corrected chi connectivity index (χ1v) is 10.5. The molecule has 1 fully saturated rings. The molecule has 166 valence electrons. The summed E-state index contributed by atoms with van der Waals surface area (Å²) in [6.45, 7) is 6.89. The summed E-state index contributed by atoms with van der Waals surface area (Å²) in [5, 5.41) is 6.40. The summed E-state index contributed by atoms with van der Waals surface area (Å²) in [7, 11) is 1.67. The number of nitrogens with zero attached hydrogens (tertiary/aromatic N) is 5. The van der Waals surface area contributed by atoms with Gasteiger partial charge in [-0.3, -0.25) is 9.79 Å². The molecule has 0 aliphatic carbocycles. The first-order chi connectivity index (χ1) is 15.0. The molecule has 2 N–H and O–H groups in total. The van der Waals surface area contributed by atoms with Crippen LogP contribution in [0.3, 0.4) is 0 Å². The molecule has 3 rings (SSSR count). The lowest BCUT2D eigenvalue weighted by atomic mass is 10.1. The maximum absolute atomic E-state index is 13.8. The Balaban J connectivity index is 1.41. The predicted molar refractivity (Wildman–Crippen MR) is 119 cm³/mol. The van der Waals surface area contributed by atoms with Gasteiger partial charge < -0.3 is 20.4 Å². The van der Waals surface area contributed by atoms with Crippen molar-refractivity contribution in [3.63, 3.8) is 0 Å². The van der Waals surface area contributed by atoms with E-state index in [1.54, 1.807) is 38.5 Å². The maximum Gasteiger partial charge on any atom is 0.225 e. The molecular formula is C22H30FN7O. The molecule has 2 heterocycles. The summed E-state index contributed by atoms with van der Waals surface area (Å²) in [6.07, 6.45) is 3.82. The molecule has 9 heteroatoms. The van der Waals surface area contributed by atoms with Crippen molar-refractivity contribution in [3.8, 4) is 0 Å². The van der Waals surface area contributed by atoms with E-state index in [4.69, 9.17) is 0 Å². The predicted octanol–water partition coefficient (Wildman–Crippen LogP) is 1.89. The number of guanidine groups is 1. The highest BCUT2D eigenvalue weighted by Crippen LogP contribution is 2.16. The van der Waals surface area contributed by atoms with E-state index in [1.807, 2.05) is 17.9 Å². The van der Waals surface area contributed by atoms with E-state index in [2.05, 4.69) is 30.5 Å². The number of carbonyl (C=O) groups excluding carboxylic acids is 1. The number of hydrogen-bond acceptors (Lipinski definition) is 5. The fourth-order valence-corrected chi connectivity index (χ4v) is 3.42. The third-order valence-electron chi connectivity index (χ3n) is 5.37. The minimum atomic E-state index is -0.224. The number of hydrogen-bond donors (Lipinski definition) is 2. The number of halogens is 1. The van der Waals surface area contributed by atoms with Crippen LogP contribution in [0.25, 0.3) is 0 Å². The molecular weight excluding hydrogens is 397 g/mol. The molecule has 1 atom stereocenters. The van der Waals surface area contributed by atoms with Gasteiger partial charge in [-0.25, -0.2) is 14.4 Å². The van der Waals surface area contributed by atoms with Crippen molar-refractivity contribution in [1.29, 1.82) is 0 Å². The van der Waals surface area contributed by atoms with Crippen molar-refractivity contribution in [2.45, 2.75) is 26.3 Å². The first kappa shape index (κ1) is 22.5. The van der Waals surface area contributed by atoms with Gasteiger partial charge >= 0.3 is 0 Å². The number of anilines is 1. The van der Waals surface area contributed by atoms with Crippen molar-refractivity contribution in [2.24, 2.45) is 4.99 Å². The number of nitrogens with one attached hydrogen (secondary N) is 2. The standard InChI is InChI=1S/C22H30FN7O/c1-16-5-6-18(15-19(16)23)17(2)28-21(24-3)25-10-7-20(31)29-11-13-30(14-12-29)22-26-8-4-9-27-22/h4-6,8-9,15,17H,7,10-14H2,1-3H3,(H2,24,25,28). The molecule has 0 spiro atoms. The summed E-state index contributed by atoms with van der Waals surface area (Å²) in [6, 6.07) is 6.86. The average molecular weight is 428 g/mol. The van der Waals surface area contributed by atoms with Crippen LogP contribution in [0.4, 0.5) is 10.3 Å². The molecule has 1 aromatic carbocycles. The largest absolute Gasteiger partial charge is 0.356 e. The molecule has 0 saturated carbocycles. The molecule has 1 aliphatic rings. The van der Waals surface area contributed by atoms with E-state index in [9.17, 15) is 9.18 Å². The van der Waals surface area contributed by atoms with Gasteiger partial charge in [0.1, 0.15) is 5.82 Å². The van der Waals surface area contributed by atoms with Crippen molar-refractivity contribution in [2.75, 3.05) is 44.7 Å². The number of amides is 1. The molecule has 1 aromatic heterocycles. The Morgan fingerprint density at radius 1 is 1.23 bits per heavy atom. The van der Waals surface area contributed by atoms with Gasteiger partial charge in [0.2, 0.25) is 11.9 Å². The zero-order chi connectivity index (χ0) is 22.2. The van der Waals surface area contributed by atoms with Crippen LogP contribution in [0.15, 0.2) is 41.7 Å². The van der Waals surface area contributed by atoms with E-state index in [-0.39, 0.29) is 17.8 Å². The number of rotatable bonds is 6. The fourth-order valence-electron chi connectivity index (χ4n) is 3.42. The molecule has 1 unspecified atom stereocenters. The van der Waals surface area contributed by atoms with E-state index in [0.717, 1.165) is 18.7 Å². The van der Waals surface area contributed by atoms with Crippen molar-refractivity contribution in [3.05, 3.63) is 53.6 Å². The van der Waals surface area contributed by atoms with Crippen LogP contribution < -0.4 is 15.5 Å². The Hall–Kier alpha value is -3.23. The Kier molecular flexibility index (Phi) is 7.75. The normalized spacial score (nSPS) is 15.5. The minimum absolute atomic E-state index is 0.102. The zero-order valence-electron chi connectivity index (χ0n) is 18.3. The van der Waals surface area contributed by atoms with Crippen LogP contribution >= 0.6 is 0 Å². The van der Waals surface area contributed by atoms with Gasteiger partial charge in [0.15, 0.2) is 5.96 Å². The number of piperazine rings is 1. The highest BCUT2D eigenvalue weighted by molar-refractivity contribution is 5.81. The minimum Gasteiger partial charge on any atom is -0.356 e. The average Bonchev–Trinajstić information content (AvgIpc) is 2.80. The number of aliphatic imine (C=N–C) groups is 1. The topological polar surface area (TPSA) is 85.8 Å². The molecule has 0 bridgehead atoms. The van der Waals surface area contributed by atoms with E-state index in [1.165, 1.54) is 6.07 Å². The third-order valence-corrected chi connectivity index (χ3v) is 5.37. The Morgan fingerprint density at radius 3 is 2.58 bits per heavy atom. The first-order valence-electron chi connectivity index (χ1n) is 10.5. The van der Waals surface area contributed by atoms with E-state index < -0.39 is 0 Å². The second-order valence-electron chi connectivity index (χ2n) is 7.54. The molecule has 0 radical (unpaired) electrons. The highest BCUT2D eigenvalue weighted by atomic mass is 19.1. The summed E-state index contributed by atoms with van der Waals surface area (Å²) < 4.78 is 13.8. The van der Waals surface area contributed by atoms with Gasteiger partial charge in [0, 0.05) is 58.6 Å². The van der Waals surface area contributed by atoms with Gasteiger partial charge in [0.05, 0.1) is 6.04 Å². The Bertz CT molecular complexity index is 898. The molecule has 1 aliphatic heterocycles. The third kappa shape index (κ3) is 6.13. The van der Waals surface area contributed by atoms with Crippen molar-refractivity contribution >= 4 is 17.8 Å². The van der Waals surface area contributed by atoms with Crippen LogP contribution in [0.2, 0.25) is 0 Å². The highest BCUT2D eigenvalue weighted by Gasteiger charge is 2.22. The Morgan fingerprint density at radius 2 is 1.94 bits per heavy atom. The van der Waals surface area contributed by atoms with E-state index >= 15 is 0 Å². The molecule has 1 saturated heterocycles. The lowest BCUT2D eigenvalue weighted by molar-refractivity contribution is -0.131. The van der Waals surface area contributed by atoms with Crippen molar-refractivity contribution in [1.82, 2.24) is 25.5 Å². The number of carbonyl (C=O) groups is 1. The zero-order valence-corrected chi connectivity index (χ0v) is 18.3. The number of benzene rings is 1. The van der Waals surface area contributed by atoms with Gasteiger partial charge in [-0.15, -0.1) is 0 Å². The molecule has 2 aromatic rings. The molecule has 1 amide bonds. The maximum atomic E-state index is 13.8. The van der Waals surface area contributed by atoms with Gasteiger partial charge in [-0.1, -0.05) is 12.1 Å². The summed E-state index contributed by atoms with van der Waals surface area (Å²) in [4.78, 5) is 29.2. The summed E-state index contributed by atoms with van der Waals surface area (Å²) in [5.41, 5.74) is 1.46. The summed E-state index contributed by atoms with van der Waals surface area (Å²) >= 11 is 0. The lowest BCUT2D eigenvalue weighted by Crippen LogP contribution is -2.50. The van der Waals surface area contributed by atoms with Crippen LogP contribution in [0, 0.1) is 12.7 Å². The monoisotopic (exact) mass is 427 g/mol. The quantitative estimate of drug-likeness (QED) is 0.541. The van der Waals surface area contributed by atoms with Crippen molar-refractivity contribution < 1.29 is 9.18 Å². The van der Waals surface area contributed by atoms with Crippen LogP contribution in [0.1, 0.15) is 30.5 Å². The molecule has 31 heavy (non-hydrogen) atoms. The van der Waals surface area contributed by atoms with Gasteiger partial charge in [-0.2, -0.15) is 0 Å². The van der Waals surface area contributed by atoms with Crippen LogP contribution in [0.5, 0.6) is 0 Å². The second-order valence-corrected chi connectivity index (χ2v) is 7.54. The number of aromatic nitrogens is 2. The lowest BCUT2D eigenvalue weighted by Gasteiger charge is -2.34.